The quantitative estimate of drug-likeness (QED) is 0.165. The first-order chi connectivity index (χ1) is 22.2. The second-order valence-corrected chi connectivity index (χ2v) is 12.6. The number of nitrogens with two attached hydrogens (primary N) is 2. The van der Waals surface area contributed by atoms with Gasteiger partial charge in [-0.25, -0.2) is 0 Å². The van der Waals surface area contributed by atoms with E-state index in [0.717, 1.165) is 34.3 Å². The number of fused-ring (bicyclic) bond motifs is 2. The fourth-order valence-electron chi connectivity index (χ4n) is 6.24. The average molecular weight is 601 g/mol. The Morgan fingerprint density at radius 2 is 1.22 bits per heavy atom. The lowest BCUT2D eigenvalue weighted by Crippen LogP contribution is -2.10. The predicted molar refractivity (Wildman–Crippen MR) is 203 cm³/mol. The van der Waals surface area contributed by atoms with Crippen LogP contribution in [-0.2, 0) is 11.8 Å². The van der Waals surface area contributed by atoms with Crippen LogP contribution in [0.3, 0.4) is 0 Å². The van der Waals surface area contributed by atoms with Crippen molar-refractivity contribution in [2.45, 2.75) is 39.5 Å². The summed E-state index contributed by atoms with van der Waals surface area (Å²) in [5.41, 5.74) is 23.0. The number of hydrogen-bond acceptors (Lipinski definition) is 2. The Morgan fingerprint density at radius 1 is 0.674 bits per heavy atom. The SMILES string of the molecule is C=Cc1c(C=C)c(-c2ccc3cc(C\C=C/C(=C\N)C(/C=C\C)=C/N)ccc3c2)c2ccccc2c1-c1ccc(C(C)(C)C)cc1. The van der Waals surface area contributed by atoms with E-state index in [1.807, 2.05) is 37.3 Å². The van der Waals surface area contributed by atoms with E-state index in [4.69, 9.17) is 11.5 Å². The van der Waals surface area contributed by atoms with Gasteiger partial charge >= 0.3 is 0 Å². The van der Waals surface area contributed by atoms with E-state index in [-0.39, 0.29) is 5.41 Å². The highest BCUT2D eigenvalue weighted by Crippen LogP contribution is 2.44. The van der Waals surface area contributed by atoms with Crippen molar-refractivity contribution >= 4 is 33.7 Å². The molecule has 0 heterocycles. The lowest BCUT2D eigenvalue weighted by atomic mass is 9.82. The molecule has 0 radical (unpaired) electrons. The highest BCUT2D eigenvalue weighted by atomic mass is 14.5. The zero-order valence-corrected chi connectivity index (χ0v) is 27.5. The molecule has 5 aromatic carbocycles. The minimum atomic E-state index is 0.0924. The molecule has 2 heteroatoms. The van der Waals surface area contributed by atoms with E-state index in [1.165, 1.54) is 49.4 Å². The Labute approximate surface area is 274 Å². The molecule has 2 nitrogen and oxygen atoms in total. The summed E-state index contributed by atoms with van der Waals surface area (Å²) in [6.07, 6.45) is 16.0. The van der Waals surface area contributed by atoms with Crippen LogP contribution >= 0.6 is 0 Å². The van der Waals surface area contributed by atoms with Crippen LogP contribution in [0, 0.1) is 0 Å². The molecule has 230 valence electrons. The van der Waals surface area contributed by atoms with Crippen molar-refractivity contribution in [3.8, 4) is 22.3 Å². The third-order valence-corrected chi connectivity index (χ3v) is 8.63. The smallest absolute Gasteiger partial charge is 0.00180 e. The summed E-state index contributed by atoms with van der Waals surface area (Å²) in [4.78, 5) is 0. The molecule has 0 spiro atoms. The van der Waals surface area contributed by atoms with Crippen molar-refractivity contribution in [2.24, 2.45) is 11.5 Å². The van der Waals surface area contributed by atoms with Crippen LogP contribution in [0.25, 0.3) is 56.0 Å². The van der Waals surface area contributed by atoms with Crippen molar-refractivity contribution in [3.05, 3.63) is 168 Å². The molecule has 0 fully saturated rings. The Bertz CT molecular complexity index is 2040. The fraction of sp³-hybridized carbons (Fsp3) is 0.136. The maximum absolute atomic E-state index is 5.87. The van der Waals surface area contributed by atoms with Gasteiger partial charge in [-0.05, 0) is 102 Å². The third kappa shape index (κ3) is 6.39. The third-order valence-electron chi connectivity index (χ3n) is 8.63. The number of allylic oxidation sites excluding steroid dienone is 6. The van der Waals surface area contributed by atoms with E-state index in [9.17, 15) is 0 Å². The summed E-state index contributed by atoms with van der Waals surface area (Å²) < 4.78 is 0. The van der Waals surface area contributed by atoms with Gasteiger partial charge in [0, 0.05) is 12.4 Å². The normalized spacial score (nSPS) is 12.9. The molecule has 0 aromatic heterocycles. The molecule has 0 saturated heterocycles. The molecular formula is C44H44N2. The molecule has 0 atom stereocenters. The van der Waals surface area contributed by atoms with Gasteiger partial charge in [0.1, 0.15) is 0 Å². The largest absolute Gasteiger partial charge is 0.404 e. The highest BCUT2D eigenvalue weighted by Gasteiger charge is 2.20. The molecule has 46 heavy (non-hydrogen) atoms. The fourth-order valence-corrected chi connectivity index (χ4v) is 6.24. The van der Waals surface area contributed by atoms with Crippen LogP contribution in [-0.4, -0.2) is 0 Å². The van der Waals surface area contributed by atoms with Gasteiger partial charge in [-0.15, -0.1) is 0 Å². The maximum atomic E-state index is 5.87. The zero-order chi connectivity index (χ0) is 32.8. The van der Waals surface area contributed by atoms with Crippen molar-refractivity contribution in [1.82, 2.24) is 0 Å². The van der Waals surface area contributed by atoms with Crippen molar-refractivity contribution in [3.63, 3.8) is 0 Å². The van der Waals surface area contributed by atoms with Crippen LogP contribution in [0.2, 0.25) is 0 Å². The van der Waals surface area contributed by atoms with Crippen LogP contribution in [0.15, 0.2) is 146 Å². The minimum absolute atomic E-state index is 0.0924. The molecule has 0 amide bonds. The van der Waals surface area contributed by atoms with Crippen LogP contribution in [0.1, 0.15) is 49.9 Å². The first kappa shape index (κ1) is 32.1. The second-order valence-electron chi connectivity index (χ2n) is 12.6. The van der Waals surface area contributed by atoms with Gasteiger partial charge in [-0.2, -0.15) is 0 Å². The Kier molecular flexibility index (Phi) is 9.58. The van der Waals surface area contributed by atoms with Gasteiger partial charge in [-0.1, -0.05) is 149 Å². The van der Waals surface area contributed by atoms with Crippen LogP contribution in [0.4, 0.5) is 0 Å². The van der Waals surface area contributed by atoms with Gasteiger partial charge in [0.05, 0.1) is 0 Å². The maximum Gasteiger partial charge on any atom is 0.00180 e. The van der Waals surface area contributed by atoms with Crippen molar-refractivity contribution in [1.29, 1.82) is 0 Å². The molecule has 0 aliphatic heterocycles. The van der Waals surface area contributed by atoms with E-state index in [1.54, 1.807) is 12.4 Å². The molecule has 5 aromatic rings. The van der Waals surface area contributed by atoms with Crippen LogP contribution in [0.5, 0.6) is 0 Å². The molecule has 0 aliphatic carbocycles. The minimum Gasteiger partial charge on any atom is -0.404 e. The Balaban J connectivity index is 1.57. The van der Waals surface area contributed by atoms with Crippen LogP contribution < -0.4 is 11.5 Å². The molecule has 0 unspecified atom stereocenters. The first-order valence-corrected chi connectivity index (χ1v) is 15.8. The highest BCUT2D eigenvalue weighted by molar-refractivity contribution is 6.12. The van der Waals surface area contributed by atoms with Gasteiger partial charge in [0.2, 0.25) is 0 Å². The first-order valence-electron chi connectivity index (χ1n) is 15.8. The lowest BCUT2D eigenvalue weighted by Gasteiger charge is -2.22. The summed E-state index contributed by atoms with van der Waals surface area (Å²) in [6.45, 7) is 17.3. The van der Waals surface area contributed by atoms with E-state index < -0.39 is 0 Å². The van der Waals surface area contributed by atoms with Gasteiger partial charge in [-0.3, -0.25) is 0 Å². The number of hydrogen-bond donors (Lipinski definition) is 2. The average Bonchev–Trinajstić information content (AvgIpc) is 3.07. The van der Waals surface area contributed by atoms with Gasteiger partial charge in [0.25, 0.3) is 0 Å². The van der Waals surface area contributed by atoms with Gasteiger partial charge < -0.3 is 11.5 Å². The second kappa shape index (κ2) is 13.7. The molecule has 0 saturated carbocycles. The molecule has 0 aliphatic rings. The monoisotopic (exact) mass is 600 g/mol. The molecule has 5 rings (SSSR count). The Hall–Kier alpha value is -5.34. The standard InChI is InChI=1S/C44H44N2/c1-7-13-35(28-45)36(29-46)15-12-14-30-18-19-33-27-34(21-20-32(33)26-30)43-39(9-3)38(8-2)42(40-16-10-11-17-41(40)43)31-22-24-37(25-23-31)44(4,5)6/h7-13,15-29H,2-3,14,45-46H2,1,4-6H3/b13-7-,15-12-,35-28+,36-29+. The molecule has 4 N–H and O–H groups in total. The van der Waals surface area contributed by atoms with E-state index in [2.05, 4.69) is 125 Å². The molecule has 0 bridgehead atoms. The van der Waals surface area contributed by atoms with Crippen molar-refractivity contribution in [2.75, 3.05) is 0 Å². The number of rotatable bonds is 9. The summed E-state index contributed by atoms with van der Waals surface area (Å²) >= 11 is 0. The summed E-state index contributed by atoms with van der Waals surface area (Å²) in [5, 5.41) is 4.79. The zero-order valence-electron chi connectivity index (χ0n) is 27.5. The predicted octanol–water partition coefficient (Wildman–Crippen LogP) is 11.3. The lowest BCUT2D eigenvalue weighted by molar-refractivity contribution is 0.590. The van der Waals surface area contributed by atoms with Gasteiger partial charge in [0.15, 0.2) is 0 Å². The van der Waals surface area contributed by atoms with E-state index in [0.29, 0.717) is 0 Å². The summed E-state index contributed by atoms with van der Waals surface area (Å²) in [7, 11) is 0. The van der Waals surface area contributed by atoms with Crippen molar-refractivity contribution < 1.29 is 0 Å². The molecular weight excluding hydrogens is 556 g/mol. The summed E-state index contributed by atoms with van der Waals surface area (Å²) in [6, 6.07) is 31.1. The summed E-state index contributed by atoms with van der Waals surface area (Å²) in [5.74, 6) is 0. The van der Waals surface area contributed by atoms with E-state index >= 15 is 0 Å². The topological polar surface area (TPSA) is 52.0 Å². The number of benzene rings is 5. The Morgan fingerprint density at radius 3 is 1.78 bits per heavy atom.